The SMILES string of the molecule is Nc1nc(/C(=N/OCc2cc(=O)c(O)cn2O)C(=O)N[C@@H]2C(=O)N3C(C(=O)O)=C(CSc4cnns4)CS[C@H]23)cs1.[H-].[H-].[Na+].[Na+]. The van der Waals surface area contributed by atoms with Crippen LogP contribution in [0, 0.1) is 0 Å². The van der Waals surface area contributed by atoms with Crippen LogP contribution in [-0.4, -0.2) is 86.0 Å². The fourth-order valence-electron chi connectivity index (χ4n) is 3.81. The van der Waals surface area contributed by atoms with Crippen molar-refractivity contribution in [1.29, 1.82) is 0 Å². The van der Waals surface area contributed by atoms with Crippen molar-refractivity contribution in [1.82, 2.24) is 29.5 Å². The minimum absolute atomic E-state index is 0. The number of rotatable bonds is 10. The zero-order valence-corrected chi connectivity index (χ0v) is 29.6. The van der Waals surface area contributed by atoms with E-state index < -0.39 is 47.0 Å². The van der Waals surface area contributed by atoms with E-state index in [4.69, 9.17) is 10.6 Å². The molecule has 2 aliphatic rings. The second-order valence-electron chi connectivity index (χ2n) is 8.29. The molecule has 2 atom stereocenters. The first-order valence-electron chi connectivity index (χ1n) is 11.3. The Hall–Kier alpha value is -2.14. The maximum Gasteiger partial charge on any atom is 1.00 e. The topological polar surface area (TPSA) is 235 Å². The number of aliphatic carboxylic acids is 1. The molecule has 22 heteroatoms. The Kier molecular flexibility index (Phi) is 12.5. The molecule has 0 aliphatic carbocycles. The van der Waals surface area contributed by atoms with Gasteiger partial charge in [-0.05, 0) is 17.1 Å². The number of nitrogens with zero attached hydrogens (tertiary/aromatic N) is 6. The van der Waals surface area contributed by atoms with Crippen molar-refractivity contribution in [2.24, 2.45) is 5.16 Å². The zero-order chi connectivity index (χ0) is 29.3. The number of aromatic hydroxyl groups is 1. The summed E-state index contributed by atoms with van der Waals surface area (Å²) in [5.41, 5.74) is 4.98. The van der Waals surface area contributed by atoms with E-state index in [1.165, 1.54) is 40.4 Å². The normalized spacial score (nSPS) is 17.7. The second kappa shape index (κ2) is 15.2. The van der Waals surface area contributed by atoms with Crippen molar-refractivity contribution >= 4 is 75.0 Å². The van der Waals surface area contributed by atoms with E-state index in [2.05, 4.69) is 25.0 Å². The molecule has 16 nitrogen and oxygen atoms in total. The number of fused-ring (bicyclic) bond motifs is 1. The molecule has 0 radical (unpaired) electrons. The van der Waals surface area contributed by atoms with Gasteiger partial charge in [-0.25, -0.2) is 9.78 Å². The van der Waals surface area contributed by atoms with Crippen LogP contribution in [0.25, 0.3) is 0 Å². The predicted octanol–water partition coefficient (Wildman–Crippen LogP) is -5.63. The maximum absolute atomic E-state index is 13.2. The van der Waals surface area contributed by atoms with Gasteiger partial charge < -0.3 is 34.2 Å². The van der Waals surface area contributed by atoms with Crippen LogP contribution in [0.3, 0.4) is 0 Å². The van der Waals surface area contributed by atoms with Crippen molar-refractivity contribution < 1.29 is 96.6 Å². The summed E-state index contributed by atoms with van der Waals surface area (Å²) in [5, 5.41) is 40.1. The number of hydrogen-bond acceptors (Lipinski definition) is 16. The molecule has 0 saturated carbocycles. The van der Waals surface area contributed by atoms with Gasteiger partial charge in [0.25, 0.3) is 11.8 Å². The molecular weight excluding hydrogens is 667 g/mol. The molecule has 2 aliphatic heterocycles. The summed E-state index contributed by atoms with van der Waals surface area (Å²) < 4.78 is 5.04. The number of thioether (sulfide) groups is 2. The molecule has 0 unspecified atom stereocenters. The quantitative estimate of drug-likeness (QED) is 0.0334. The van der Waals surface area contributed by atoms with E-state index in [1.807, 2.05) is 0 Å². The molecular formula is C21H20N8Na2O8S4. The number of nitrogens with two attached hydrogens (primary N) is 1. The van der Waals surface area contributed by atoms with Crippen LogP contribution in [0.5, 0.6) is 5.75 Å². The molecule has 218 valence electrons. The van der Waals surface area contributed by atoms with Gasteiger partial charge in [0.1, 0.15) is 32.7 Å². The monoisotopic (exact) mass is 686 g/mol. The number of carbonyl (C=O) groups excluding carboxylic acids is 2. The third-order valence-corrected chi connectivity index (χ3v) is 9.64. The van der Waals surface area contributed by atoms with Crippen LogP contribution >= 0.6 is 46.4 Å². The number of nitrogens with one attached hydrogen (secondary N) is 1. The summed E-state index contributed by atoms with van der Waals surface area (Å²) in [6, 6.07) is -0.135. The van der Waals surface area contributed by atoms with E-state index in [9.17, 15) is 34.6 Å². The van der Waals surface area contributed by atoms with Crippen molar-refractivity contribution in [3.8, 4) is 5.75 Å². The smallest absolute Gasteiger partial charge is 1.00 e. The standard InChI is InChI=1S/C21H18N8O8S4.2Na.2H/c22-21-24-10(7-40-21)14(26-37-4-9-1-11(30)12(31)3-28(9)36)17(32)25-15-18(33)29-16(20(34)35)8(6-39-19(15)29)5-38-13-2-23-27-41-13;;;;/h1-3,7,15,19,31,36H,4-6H2,(H2,22,24)(H,25,32)(H,34,35);;;;/q;2*+1;2*-1/b26-14-;;;;/t15-,19-;;;;/m1..../s1. The summed E-state index contributed by atoms with van der Waals surface area (Å²) in [5.74, 6) is -2.74. The molecule has 3 aromatic rings. The number of carboxylic acids is 1. The Morgan fingerprint density at radius 2 is 2.09 bits per heavy atom. The average molecular weight is 687 g/mol. The number of β-lactam (4-membered cyclic amide) rings is 1. The van der Waals surface area contributed by atoms with Crippen molar-refractivity contribution in [3.05, 3.63) is 56.7 Å². The van der Waals surface area contributed by atoms with Crippen LogP contribution < -0.4 is 75.6 Å². The number of anilines is 1. The molecule has 0 aromatic carbocycles. The molecule has 0 bridgehead atoms. The second-order valence-corrected chi connectivity index (χ2v) is 12.3. The summed E-state index contributed by atoms with van der Waals surface area (Å²) in [6.45, 7) is -0.470. The molecule has 43 heavy (non-hydrogen) atoms. The van der Waals surface area contributed by atoms with E-state index in [0.29, 0.717) is 21.8 Å². The first-order valence-corrected chi connectivity index (χ1v) is 15.0. The van der Waals surface area contributed by atoms with Crippen LogP contribution in [0.1, 0.15) is 14.2 Å². The molecule has 5 rings (SSSR count). The van der Waals surface area contributed by atoms with Gasteiger partial charge in [-0.1, -0.05) is 9.64 Å². The number of oxime groups is 1. The van der Waals surface area contributed by atoms with E-state index in [-0.39, 0.29) is 89.9 Å². The molecule has 1 fully saturated rings. The summed E-state index contributed by atoms with van der Waals surface area (Å²) in [7, 11) is 0. The summed E-state index contributed by atoms with van der Waals surface area (Å²) in [6.07, 6.45) is 2.34. The van der Waals surface area contributed by atoms with Gasteiger partial charge in [-0.3, -0.25) is 19.3 Å². The number of aromatic nitrogens is 4. The summed E-state index contributed by atoms with van der Waals surface area (Å²) >= 11 is 4.88. The number of thiazole rings is 1. The maximum atomic E-state index is 13.2. The van der Waals surface area contributed by atoms with E-state index >= 15 is 0 Å². The van der Waals surface area contributed by atoms with Gasteiger partial charge in [0.15, 0.2) is 23.2 Å². The Morgan fingerprint density at radius 3 is 2.74 bits per heavy atom. The predicted molar refractivity (Wildman–Crippen MR) is 150 cm³/mol. The molecule has 1 saturated heterocycles. The number of hydrogen-bond donors (Lipinski definition) is 5. The summed E-state index contributed by atoms with van der Waals surface area (Å²) in [4.78, 5) is 60.4. The largest absolute Gasteiger partial charge is 1.00 e. The first kappa shape index (κ1) is 35.3. The number of carbonyl (C=O) groups is 3. The average Bonchev–Trinajstić information content (AvgIpc) is 3.62. The Balaban J connectivity index is 0.00000253. The molecule has 0 spiro atoms. The fraction of sp³-hybridized carbons (Fsp3) is 0.238. The van der Waals surface area contributed by atoms with Crippen LogP contribution in [0.4, 0.5) is 5.13 Å². The Bertz CT molecular complexity index is 1660. The van der Waals surface area contributed by atoms with E-state index in [1.54, 1.807) is 6.20 Å². The van der Waals surface area contributed by atoms with Crippen LogP contribution in [0.2, 0.25) is 0 Å². The molecule has 6 N–H and O–H groups in total. The number of pyridine rings is 1. The minimum atomic E-state index is -1.25. The number of nitrogen functional groups attached to an aromatic ring is 1. The Labute approximate surface area is 305 Å². The molecule has 3 aromatic heterocycles. The van der Waals surface area contributed by atoms with Gasteiger partial charge in [0.2, 0.25) is 5.43 Å². The van der Waals surface area contributed by atoms with Gasteiger partial charge in [0, 0.05) is 23.0 Å². The Morgan fingerprint density at radius 1 is 1.33 bits per heavy atom. The number of carboxylic acid groups (broad SMARTS) is 1. The van der Waals surface area contributed by atoms with Crippen molar-refractivity contribution in [2.45, 2.75) is 22.2 Å². The van der Waals surface area contributed by atoms with Crippen LogP contribution in [-0.2, 0) is 25.8 Å². The number of amides is 2. The molecule has 5 heterocycles. The van der Waals surface area contributed by atoms with Crippen molar-refractivity contribution in [2.75, 3.05) is 17.2 Å². The van der Waals surface area contributed by atoms with Crippen LogP contribution in [0.15, 0.2) is 49.3 Å². The zero-order valence-electron chi connectivity index (χ0n) is 24.4. The fourth-order valence-corrected chi connectivity index (χ4v) is 7.27. The van der Waals surface area contributed by atoms with Gasteiger partial charge >= 0.3 is 65.1 Å². The third-order valence-electron chi connectivity index (χ3n) is 5.70. The van der Waals surface area contributed by atoms with Gasteiger partial charge in [0.05, 0.1) is 12.4 Å². The minimum Gasteiger partial charge on any atom is -1.00 e. The van der Waals surface area contributed by atoms with Gasteiger partial charge in [-0.15, -0.1) is 40.0 Å². The first-order chi connectivity index (χ1) is 19.6. The van der Waals surface area contributed by atoms with E-state index in [0.717, 1.165) is 32.7 Å². The van der Waals surface area contributed by atoms with Gasteiger partial charge in [-0.2, -0.15) is 4.73 Å². The third kappa shape index (κ3) is 7.75. The molecule has 2 amide bonds. The van der Waals surface area contributed by atoms with Crippen molar-refractivity contribution in [3.63, 3.8) is 0 Å².